The van der Waals surface area contributed by atoms with Crippen molar-refractivity contribution >= 4 is 18.0 Å². The number of hydrogen-bond donors (Lipinski definition) is 1. The molecule has 2 unspecified atom stereocenters. The highest BCUT2D eigenvalue weighted by molar-refractivity contribution is 6.07. The van der Waals surface area contributed by atoms with Gasteiger partial charge in [0.1, 0.15) is 12.1 Å². The number of rotatable bonds is 7. The molecule has 3 amide bonds. The molecule has 2 saturated heterocycles. The van der Waals surface area contributed by atoms with Crippen molar-refractivity contribution in [1.29, 1.82) is 0 Å². The molecule has 5 rings (SSSR count). The number of para-hydroxylation sites is 2. The Bertz CT molecular complexity index is 1130. The summed E-state index contributed by atoms with van der Waals surface area (Å²) in [4.78, 5) is 30.4. The fourth-order valence-electron chi connectivity index (χ4n) is 5.79. The Kier molecular flexibility index (Phi) is 7.01. The zero-order chi connectivity index (χ0) is 25.1. The zero-order valence-corrected chi connectivity index (χ0v) is 21.1. The molecule has 0 radical (unpaired) electrons. The Morgan fingerprint density at radius 1 is 1.06 bits per heavy atom. The van der Waals surface area contributed by atoms with Gasteiger partial charge in [0.05, 0.1) is 6.54 Å². The van der Waals surface area contributed by atoms with Crippen LogP contribution in [-0.4, -0.2) is 66.2 Å². The van der Waals surface area contributed by atoms with E-state index in [1.54, 1.807) is 0 Å². The fourth-order valence-corrected chi connectivity index (χ4v) is 5.79. The van der Waals surface area contributed by atoms with Crippen LogP contribution in [0.3, 0.4) is 0 Å². The van der Waals surface area contributed by atoms with E-state index >= 15 is 0 Å². The number of benzene rings is 2. The second-order valence-corrected chi connectivity index (χ2v) is 10.1. The number of hydrogen-bond acceptors (Lipinski definition) is 5. The second kappa shape index (κ2) is 10.3. The normalized spacial score (nSPS) is 25.2. The Hall–Kier alpha value is -3.32. The van der Waals surface area contributed by atoms with E-state index in [0.29, 0.717) is 24.5 Å². The van der Waals surface area contributed by atoms with Crippen LogP contribution in [0.5, 0.6) is 11.5 Å². The highest BCUT2D eigenvalue weighted by Crippen LogP contribution is 2.37. The molecule has 2 aromatic carbocycles. The van der Waals surface area contributed by atoms with Crippen LogP contribution in [0.4, 0.5) is 4.79 Å². The lowest BCUT2D eigenvalue weighted by molar-refractivity contribution is -0.135. The first-order valence-corrected chi connectivity index (χ1v) is 13.0. The fraction of sp³-hybridized carbons (Fsp3) is 0.448. The molecule has 0 bridgehead atoms. The molecule has 2 fully saturated rings. The minimum Gasteiger partial charge on any atom is -0.486 e. The molecule has 3 aliphatic rings. The van der Waals surface area contributed by atoms with Crippen LogP contribution in [0.15, 0.2) is 60.2 Å². The molecule has 7 heteroatoms. The van der Waals surface area contributed by atoms with Gasteiger partial charge in [0.2, 0.25) is 0 Å². The SMILES string of the molecule is CCC1(C2CCN(CC(C)=Cc3ccccc3)CC2)NC(=O)N(CC2COc3ccccc3O2)C1=O. The number of ether oxygens (including phenoxy) is 2. The summed E-state index contributed by atoms with van der Waals surface area (Å²) >= 11 is 0. The van der Waals surface area contributed by atoms with Crippen LogP contribution in [0, 0.1) is 5.92 Å². The van der Waals surface area contributed by atoms with Crippen molar-refractivity contribution in [2.24, 2.45) is 5.92 Å². The molecule has 0 spiro atoms. The van der Waals surface area contributed by atoms with Gasteiger partial charge in [-0.2, -0.15) is 0 Å². The van der Waals surface area contributed by atoms with Crippen LogP contribution < -0.4 is 14.8 Å². The number of nitrogens with zero attached hydrogens (tertiary/aromatic N) is 2. The summed E-state index contributed by atoms with van der Waals surface area (Å²) in [7, 11) is 0. The average molecular weight is 490 g/mol. The van der Waals surface area contributed by atoms with E-state index in [4.69, 9.17) is 9.47 Å². The number of carbonyl (C=O) groups excluding carboxylic acids is 2. The van der Waals surface area contributed by atoms with E-state index in [1.807, 2.05) is 37.3 Å². The summed E-state index contributed by atoms with van der Waals surface area (Å²) < 4.78 is 11.8. The van der Waals surface area contributed by atoms with E-state index < -0.39 is 5.54 Å². The van der Waals surface area contributed by atoms with Crippen molar-refractivity contribution in [1.82, 2.24) is 15.1 Å². The quantitative estimate of drug-likeness (QED) is 0.586. The first-order valence-electron chi connectivity index (χ1n) is 13.0. The first kappa shape index (κ1) is 24.4. The van der Waals surface area contributed by atoms with Crippen LogP contribution in [-0.2, 0) is 4.79 Å². The Morgan fingerprint density at radius 3 is 2.47 bits per heavy atom. The van der Waals surface area contributed by atoms with Crippen LogP contribution >= 0.6 is 0 Å². The molecular formula is C29H35N3O4. The van der Waals surface area contributed by atoms with Crippen molar-refractivity contribution in [3.8, 4) is 11.5 Å². The van der Waals surface area contributed by atoms with Gasteiger partial charge in [0.15, 0.2) is 17.6 Å². The molecule has 0 saturated carbocycles. The standard InChI is InChI=1S/C29H35N3O4/c1-3-29(23-13-15-31(16-14-23)18-21(2)17-22-9-5-4-6-10-22)27(33)32(28(34)30-29)19-24-20-35-25-11-7-8-12-26(25)36-24/h4-12,17,23-24H,3,13-16,18-20H2,1-2H3,(H,30,34). The van der Waals surface area contributed by atoms with E-state index in [9.17, 15) is 9.59 Å². The molecular weight excluding hydrogens is 454 g/mol. The number of imide groups is 1. The van der Waals surface area contributed by atoms with Gasteiger partial charge >= 0.3 is 6.03 Å². The lowest BCUT2D eigenvalue weighted by Gasteiger charge is -2.40. The average Bonchev–Trinajstić information content (AvgIpc) is 3.14. The highest BCUT2D eigenvalue weighted by atomic mass is 16.6. The minimum absolute atomic E-state index is 0.114. The van der Waals surface area contributed by atoms with Crippen LogP contribution in [0.25, 0.3) is 6.08 Å². The molecule has 0 aliphatic carbocycles. The molecule has 1 N–H and O–H groups in total. The Labute approximate surface area is 213 Å². The summed E-state index contributed by atoms with van der Waals surface area (Å²) in [6.45, 7) is 7.38. The predicted octanol–water partition coefficient (Wildman–Crippen LogP) is 4.34. The third kappa shape index (κ3) is 4.85. The van der Waals surface area contributed by atoms with Gasteiger partial charge in [0, 0.05) is 6.54 Å². The van der Waals surface area contributed by atoms with Gasteiger partial charge in [-0.1, -0.05) is 61.0 Å². The highest BCUT2D eigenvalue weighted by Gasteiger charge is 2.55. The van der Waals surface area contributed by atoms with Crippen molar-refractivity contribution < 1.29 is 19.1 Å². The molecule has 0 aromatic heterocycles. The van der Waals surface area contributed by atoms with E-state index in [1.165, 1.54) is 16.0 Å². The largest absolute Gasteiger partial charge is 0.486 e. The van der Waals surface area contributed by atoms with Gasteiger partial charge in [-0.15, -0.1) is 0 Å². The number of urea groups is 1. The summed E-state index contributed by atoms with van der Waals surface area (Å²) in [5, 5.41) is 3.09. The maximum atomic E-state index is 13.7. The van der Waals surface area contributed by atoms with Crippen molar-refractivity contribution in [2.75, 3.05) is 32.8 Å². The molecule has 3 aliphatic heterocycles. The van der Waals surface area contributed by atoms with Gasteiger partial charge in [-0.25, -0.2) is 4.79 Å². The van der Waals surface area contributed by atoms with Crippen molar-refractivity contribution in [3.63, 3.8) is 0 Å². The number of fused-ring (bicyclic) bond motifs is 1. The maximum absolute atomic E-state index is 13.7. The smallest absolute Gasteiger partial charge is 0.325 e. The third-order valence-corrected chi connectivity index (χ3v) is 7.68. The lowest BCUT2D eigenvalue weighted by Crippen LogP contribution is -2.56. The molecule has 2 aromatic rings. The number of amides is 3. The molecule has 3 heterocycles. The molecule has 7 nitrogen and oxygen atoms in total. The predicted molar refractivity (Wildman–Crippen MR) is 139 cm³/mol. The number of piperidine rings is 1. The molecule has 2 atom stereocenters. The van der Waals surface area contributed by atoms with Gasteiger partial charge < -0.3 is 14.8 Å². The van der Waals surface area contributed by atoms with E-state index in [0.717, 1.165) is 32.5 Å². The van der Waals surface area contributed by atoms with Gasteiger partial charge in [-0.3, -0.25) is 14.6 Å². The van der Waals surface area contributed by atoms with Gasteiger partial charge in [-0.05, 0) is 62.9 Å². The molecule has 190 valence electrons. The number of carbonyl (C=O) groups is 2. The summed E-state index contributed by atoms with van der Waals surface area (Å²) in [5.41, 5.74) is 1.69. The third-order valence-electron chi connectivity index (χ3n) is 7.68. The van der Waals surface area contributed by atoms with E-state index in [2.05, 4.69) is 47.5 Å². The summed E-state index contributed by atoms with van der Waals surface area (Å²) in [6, 6.07) is 17.5. The summed E-state index contributed by atoms with van der Waals surface area (Å²) in [5.74, 6) is 1.32. The minimum atomic E-state index is -0.842. The zero-order valence-electron chi connectivity index (χ0n) is 21.1. The first-order chi connectivity index (χ1) is 17.5. The monoisotopic (exact) mass is 489 g/mol. The Balaban J connectivity index is 1.20. The van der Waals surface area contributed by atoms with Crippen LogP contribution in [0.2, 0.25) is 0 Å². The van der Waals surface area contributed by atoms with Crippen molar-refractivity contribution in [3.05, 3.63) is 65.7 Å². The second-order valence-electron chi connectivity index (χ2n) is 10.1. The van der Waals surface area contributed by atoms with Crippen molar-refractivity contribution in [2.45, 2.75) is 44.8 Å². The topological polar surface area (TPSA) is 71.1 Å². The maximum Gasteiger partial charge on any atom is 0.325 e. The van der Waals surface area contributed by atoms with Gasteiger partial charge in [0.25, 0.3) is 5.91 Å². The Morgan fingerprint density at radius 2 is 1.75 bits per heavy atom. The number of nitrogens with one attached hydrogen (secondary N) is 1. The summed E-state index contributed by atoms with van der Waals surface area (Å²) in [6.07, 6.45) is 4.18. The molecule has 36 heavy (non-hydrogen) atoms. The number of likely N-dealkylation sites (tertiary alicyclic amines) is 1. The van der Waals surface area contributed by atoms with E-state index in [-0.39, 0.29) is 30.5 Å². The lowest BCUT2D eigenvalue weighted by atomic mass is 9.75. The van der Waals surface area contributed by atoms with Crippen LogP contribution in [0.1, 0.15) is 38.7 Å².